The summed E-state index contributed by atoms with van der Waals surface area (Å²) in [5.74, 6) is 0.171. The Kier molecular flexibility index (Phi) is 4.52. The van der Waals surface area contributed by atoms with Crippen molar-refractivity contribution in [3.8, 4) is 11.5 Å². The highest BCUT2D eigenvalue weighted by atomic mass is 16.5. The minimum Gasteiger partial charge on any atom is -0.486 e. The average Bonchev–Trinajstić information content (AvgIpc) is 2.57. The van der Waals surface area contributed by atoms with Crippen LogP contribution in [0.5, 0.6) is 11.5 Å². The molecule has 1 heterocycles. The van der Waals surface area contributed by atoms with Crippen molar-refractivity contribution in [1.82, 2.24) is 0 Å². The van der Waals surface area contributed by atoms with Crippen LogP contribution < -0.4 is 14.9 Å². The standard InChI is InChI=1S/C19H16O6/c1-11(20)9-23-13-7-16(24-10-12(2)21)18-17(8-13)25-15-6-4-3-5-14(15)19(18)22/h3-8H,9-10H2,1-2H3. The third kappa shape index (κ3) is 3.52. The monoisotopic (exact) mass is 340 g/mol. The van der Waals surface area contributed by atoms with E-state index in [-0.39, 0.29) is 46.9 Å². The lowest BCUT2D eigenvalue weighted by molar-refractivity contribution is -0.119. The van der Waals surface area contributed by atoms with Gasteiger partial charge < -0.3 is 13.9 Å². The number of carbonyl (C=O) groups is 2. The molecule has 1 aromatic heterocycles. The van der Waals surface area contributed by atoms with Crippen molar-refractivity contribution < 1.29 is 23.5 Å². The number of benzene rings is 2. The Morgan fingerprint density at radius 1 is 0.960 bits per heavy atom. The molecule has 2 aromatic carbocycles. The van der Waals surface area contributed by atoms with Gasteiger partial charge in [0.2, 0.25) is 5.43 Å². The van der Waals surface area contributed by atoms with Crippen LogP contribution in [0.3, 0.4) is 0 Å². The number of carbonyl (C=O) groups excluding carboxylic acids is 2. The highest BCUT2D eigenvalue weighted by molar-refractivity contribution is 5.94. The zero-order valence-corrected chi connectivity index (χ0v) is 13.8. The first-order valence-electron chi connectivity index (χ1n) is 7.70. The Morgan fingerprint density at radius 2 is 1.64 bits per heavy atom. The molecule has 0 saturated heterocycles. The van der Waals surface area contributed by atoms with Gasteiger partial charge in [-0.3, -0.25) is 14.4 Å². The molecule has 0 spiro atoms. The first-order valence-corrected chi connectivity index (χ1v) is 7.70. The van der Waals surface area contributed by atoms with Crippen molar-refractivity contribution in [2.24, 2.45) is 0 Å². The quantitative estimate of drug-likeness (QED) is 0.642. The third-order valence-electron chi connectivity index (χ3n) is 3.49. The zero-order valence-electron chi connectivity index (χ0n) is 13.8. The Bertz CT molecular complexity index is 1030. The predicted octanol–water partition coefficient (Wildman–Crippen LogP) is 2.88. The van der Waals surface area contributed by atoms with E-state index in [0.717, 1.165) is 0 Å². The molecule has 0 fully saturated rings. The van der Waals surface area contributed by atoms with E-state index in [0.29, 0.717) is 16.7 Å². The average molecular weight is 340 g/mol. The van der Waals surface area contributed by atoms with Crippen molar-refractivity contribution in [2.45, 2.75) is 13.8 Å². The number of ketones is 2. The lowest BCUT2D eigenvalue weighted by Crippen LogP contribution is -2.11. The van der Waals surface area contributed by atoms with E-state index in [2.05, 4.69) is 0 Å². The highest BCUT2D eigenvalue weighted by Crippen LogP contribution is 2.31. The molecule has 0 unspecified atom stereocenters. The fraction of sp³-hybridized carbons (Fsp3) is 0.211. The Morgan fingerprint density at radius 3 is 2.36 bits per heavy atom. The third-order valence-corrected chi connectivity index (χ3v) is 3.49. The number of ether oxygens (including phenoxy) is 2. The van der Waals surface area contributed by atoms with E-state index in [4.69, 9.17) is 13.9 Å². The van der Waals surface area contributed by atoms with Gasteiger partial charge in [0.05, 0.1) is 5.39 Å². The largest absolute Gasteiger partial charge is 0.486 e. The summed E-state index contributed by atoms with van der Waals surface area (Å²) >= 11 is 0. The zero-order chi connectivity index (χ0) is 18.0. The molecular formula is C19H16O6. The second-order valence-corrected chi connectivity index (χ2v) is 5.70. The van der Waals surface area contributed by atoms with Crippen LogP contribution in [-0.4, -0.2) is 24.8 Å². The van der Waals surface area contributed by atoms with Gasteiger partial charge in [0.1, 0.15) is 41.3 Å². The summed E-state index contributed by atoms with van der Waals surface area (Å²) in [6.45, 7) is 2.49. The van der Waals surface area contributed by atoms with Gasteiger partial charge in [0, 0.05) is 12.1 Å². The summed E-state index contributed by atoms with van der Waals surface area (Å²) in [5, 5.41) is 0.648. The molecule has 3 aromatic rings. The molecule has 3 rings (SSSR count). The van der Waals surface area contributed by atoms with Crippen molar-refractivity contribution in [1.29, 1.82) is 0 Å². The SMILES string of the molecule is CC(=O)COc1cc(OCC(C)=O)c2c(=O)c3ccccc3oc2c1. The van der Waals surface area contributed by atoms with Gasteiger partial charge in [0.25, 0.3) is 0 Å². The first-order chi connectivity index (χ1) is 12.0. The smallest absolute Gasteiger partial charge is 0.204 e. The Hall–Kier alpha value is -3.15. The Balaban J connectivity index is 2.22. The molecule has 128 valence electrons. The molecule has 0 radical (unpaired) electrons. The van der Waals surface area contributed by atoms with Crippen LogP contribution in [0.4, 0.5) is 0 Å². The lowest BCUT2D eigenvalue weighted by Gasteiger charge is -2.11. The summed E-state index contributed by atoms with van der Waals surface area (Å²) in [4.78, 5) is 35.2. The molecule has 0 aliphatic rings. The van der Waals surface area contributed by atoms with Crippen LogP contribution in [0.1, 0.15) is 13.8 Å². The van der Waals surface area contributed by atoms with Crippen LogP contribution in [0.2, 0.25) is 0 Å². The molecular weight excluding hydrogens is 324 g/mol. The van der Waals surface area contributed by atoms with E-state index in [9.17, 15) is 14.4 Å². The second kappa shape index (κ2) is 6.76. The van der Waals surface area contributed by atoms with Crippen LogP contribution in [-0.2, 0) is 9.59 Å². The van der Waals surface area contributed by atoms with E-state index in [1.807, 2.05) is 0 Å². The van der Waals surface area contributed by atoms with E-state index < -0.39 is 0 Å². The summed E-state index contributed by atoms with van der Waals surface area (Å²) in [6.07, 6.45) is 0. The summed E-state index contributed by atoms with van der Waals surface area (Å²) < 4.78 is 16.7. The van der Waals surface area contributed by atoms with Crippen molar-refractivity contribution >= 4 is 33.5 Å². The summed E-state index contributed by atoms with van der Waals surface area (Å²) in [6, 6.07) is 9.88. The molecule has 6 heteroatoms. The fourth-order valence-electron chi connectivity index (χ4n) is 2.43. The van der Waals surface area contributed by atoms with Gasteiger partial charge in [-0.05, 0) is 26.0 Å². The maximum atomic E-state index is 12.8. The van der Waals surface area contributed by atoms with Crippen LogP contribution in [0.25, 0.3) is 21.9 Å². The van der Waals surface area contributed by atoms with Gasteiger partial charge in [-0.1, -0.05) is 12.1 Å². The van der Waals surface area contributed by atoms with Crippen LogP contribution in [0.15, 0.2) is 45.6 Å². The fourth-order valence-corrected chi connectivity index (χ4v) is 2.43. The molecule has 0 amide bonds. The summed E-state index contributed by atoms with van der Waals surface area (Å²) in [5.41, 5.74) is 0.443. The number of hydrogen-bond donors (Lipinski definition) is 0. The molecule has 25 heavy (non-hydrogen) atoms. The van der Waals surface area contributed by atoms with Gasteiger partial charge in [-0.2, -0.15) is 0 Å². The van der Waals surface area contributed by atoms with Gasteiger partial charge >= 0.3 is 0 Å². The number of para-hydroxylation sites is 1. The molecule has 0 bridgehead atoms. The first kappa shape index (κ1) is 16.7. The Labute approximate surface area is 143 Å². The molecule has 0 atom stereocenters. The van der Waals surface area contributed by atoms with Gasteiger partial charge in [-0.25, -0.2) is 0 Å². The van der Waals surface area contributed by atoms with Crippen molar-refractivity contribution in [3.05, 3.63) is 46.6 Å². The maximum Gasteiger partial charge on any atom is 0.204 e. The predicted molar refractivity (Wildman–Crippen MR) is 92.3 cm³/mol. The molecule has 0 aliphatic heterocycles. The van der Waals surface area contributed by atoms with E-state index >= 15 is 0 Å². The lowest BCUT2D eigenvalue weighted by atomic mass is 10.1. The number of hydrogen-bond acceptors (Lipinski definition) is 6. The van der Waals surface area contributed by atoms with E-state index in [1.54, 1.807) is 24.3 Å². The maximum absolute atomic E-state index is 12.8. The summed E-state index contributed by atoms with van der Waals surface area (Å²) in [7, 11) is 0. The van der Waals surface area contributed by atoms with Gasteiger partial charge in [-0.15, -0.1) is 0 Å². The normalized spacial score (nSPS) is 10.8. The van der Waals surface area contributed by atoms with Crippen LogP contribution in [0, 0.1) is 0 Å². The molecule has 6 nitrogen and oxygen atoms in total. The second-order valence-electron chi connectivity index (χ2n) is 5.70. The van der Waals surface area contributed by atoms with Crippen molar-refractivity contribution in [2.75, 3.05) is 13.2 Å². The highest BCUT2D eigenvalue weighted by Gasteiger charge is 2.15. The van der Waals surface area contributed by atoms with Crippen molar-refractivity contribution in [3.63, 3.8) is 0 Å². The topological polar surface area (TPSA) is 82.8 Å². The molecule has 0 aliphatic carbocycles. The number of Topliss-reactive ketones (excluding diaryl/α,β-unsaturated/α-hetero) is 2. The number of fused-ring (bicyclic) bond motifs is 2. The van der Waals surface area contributed by atoms with Gasteiger partial charge in [0.15, 0.2) is 11.6 Å². The minimum absolute atomic E-state index is 0.116. The molecule has 0 saturated carbocycles. The van der Waals surface area contributed by atoms with E-state index in [1.165, 1.54) is 26.0 Å². The molecule has 0 N–H and O–H groups in total. The van der Waals surface area contributed by atoms with Crippen LogP contribution >= 0.6 is 0 Å². The minimum atomic E-state index is -0.256. The number of rotatable bonds is 6.